The standard InChI is InChI=1S/C13H20NO2/c1-11-3-9-4-12(2,6-11)8-13(5-9,7-11)14-10(15)16/h9,14H,3-8H2,1-2H3/t9-,11-,12+,13?. The highest BCUT2D eigenvalue weighted by atomic mass is 16.4. The molecule has 4 aliphatic carbocycles. The molecular formula is C13H20NO2. The molecule has 0 saturated heterocycles. The summed E-state index contributed by atoms with van der Waals surface area (Å²) in [6.07, 6.45) is 5.83. The zero-order chi connectivity index (χ0) is 11.6. The molecule has 4 bridgehead atoms. The first-order valence-corrected chi connectivity index (χ1v) is 6.31. The fraction of sp³-hybridized carbons (Fsp3) is 0.923. The Morgan fingerprint density at radius 2 is 1.62 bits per heavy atom. The molecular weight excluding hydrogens is 202 g/mol. The molecule has 4 saturated carbocycles. The van der Waals surface area contributed by atoms with Crippen LogP contribution in [0.4, 0.5) is 4.79 Å². The minimum atomic E-state index is -1.09. The van der Waals surface area contributed by atoms with Crippen LogP contribution < -0.4 is 5.32 Å². The van der Waals surface area contributed by atoms with Crippen LogP contribution in [0.5, 0.6) is 0 Å². The van der Waals surface area contributed by atoms with Crippen molar-refractivity contribution in [2.45, 2.75) is 57.9 Å². The molecule has 3 nitrogen and oxygen atoms in total. The van der Waals surface area contributed by atoms with Crippen LogP contribution >= 0.6 is 0 Å². The van der Waals surface area contributed by atoms with Gasteiger partial charge >= 0.3 is 6.09 Å². The number of hydrogen-bond donors (Lipinski definition) is 1. The molecule has 0 aromatic rings. The summed E-state index contributed by atoms with van der Waals surface area (Å²) in [4.78, 5) is 10.9. The molecule has 4 rings (SSSR count). The molecule has 0 aromatic carbocycles. The number of nitrogens with one attached hydrogen (secondary N) is 1. The lowest BCUT2D eigenvalue weighted by Crippen LogP contribution is -2.64. The van der Waals surface area contributed by atoms with Gasteiger partial charge in [-0.05, 0) is 55.3 Å². The maximum Gasteiger partial charge on any atom is 0.451 e. The van der Waals surface area contributed by atoms with E-state index in [0.29, 0.717) is 10.8 Å². The first kappa shape index (κ1) is 10.4. The van der Waals surface area contributed by atoms with E-state index in [1.807, 2.05) is 0 Å². The SMILES string of the molecule is C[C@]12C[C@H]3CC(NC([O])=O)(C1)C[C@@](C)(C3)C2. The lowest BCUT2D eigenvalue weighted by atomic mass is 9.43. The Kier molecular flexibility index (Phi) is 1.79. The minimum absolute atomic E-state index is 0.165. The lowest BCUT2D eigenvalue weighted by molar-refractivity contribution is -0.115. The van der Waals surface area contributed by atoms with Crippen molar-refractivity contribution in [1.82, 2.24) is 5.32 Å². The summed E-state index contributed by atoms with van der Waals surface area (Å²) in [5, 5.41) is 13.6. The Bertz CT molecular complexity index is 334. The van der Waals surface area contributed by atoms with Gasteiger partial charge in [0.2, 0.25) is 0 Å². The van der Waals surface area contributed by atoms with Gasteiger partial charge in [-0.15, -0.1) is 0 Å². The van der Waals surface area contributed by atoms with Gasteiger partial charge in [0.25, 0.3) is 0 Å². The van der Waals surface area contributed by atoms with E-state index in [1.165, 1.54) is 19.3 Å². The van der Waals surface area contributed by atoms with Gasteiger partial charge in [-0.3, -0.25) is 0 Å². The highest BCUT2D eigenvalue weighted by molar-refractivity contribution is 5.65. The number of amides is 1. The molecule has 0 spiro atoms. The number of carbonyl (C=O) groups is 1. The van der Waals surface area contributed by atoms with Crippen molar-refractivity contribution in [2.24, 2.45) is 16.7 Å². The summed E-state index contributed by atoms with van der Waals surface area (Å²) >= 11 is 0. The number of carbonyl (C=O) groups excluding carboxylic acids is 1. The van der Waals surface area contributed by atoms with Crippen molar-refractivity contribution in [3.05, 3.63) is 0 Å². The molecule has 4 aliphatic rings. The van der Waals surface area contributed by atoms with E-state index in [-0.39, 0.29) is 5.54 Å². The summed E-state index contributed by atoms with van der Waals surface area (Å²) in [5.41, 5.74) is 0.551. The normalized spacial score (nSPS) is 54.0. The van der Waals surface area contributed by atoms with E-state index in [4.69, 9.17) is 0 Å². The average molecular weight is 222 g/mol. The Morgan fingerprint density at radius 1 is 1.06 bits per heavy atom. The van der Waals surface area contributed by atoms with Crippen LogP contribution in [0.25, 0.3) is 0 Å². The van der Waals surface area contributed by atoms with E-state index in [1.54, 1.807) is 0 Å². The quantitative estimate of drug-likeness (QED) is 0.728. The molecule has 0 aromatic heterocycles. The van der Waals surface area contributed by atoms with Gasteiger partial charge in [0.05, 0.1) is 0 Å². The van der Waals surface area contributed by atoms with Crippen molar-refractivity contribution >= 4 is 6.09 Å². The second-order valence-corrected chi connectivity index (χ2v) is 7.32. The van der Waals surface area contributed by atoms with Gasteiger partial charge in [0, 0.05) is 5.54 Å². The maximum absolute atomic E-state index is 10.9. The van der Waals surface area contributed by atoms with Gasteiger partial charge in [-0.2, -0.15) is 0 Å². The van der Waals surface area contributed by atoms with Crippen LogP contribution in [0, 0.1) is 16.7 Å². The molecule has 89 valence electrons. The molecule has 0 heterocycles. The summed E-state index contributed by atoms with van der Waals surface area (Å²) in [7, 11) is 0. The van der Waals surface area contributed by atoms with Gasteiger partial charge in [0.1, 0.15) is 0 Å². The van der Waals surface area contributed by atoms with Crippen LogP contribution in [-0.4, -0.2) is 11.6 Å². The Hall–Kier alpha value is -0.730. The molecule has 1 N–H and O–H groups in total. The molecule has 0 aliphatic heterocycles. The zero-order valence-electron chi connectivity index (χ0n) is 10.1. The third-order valence-electron chi connectivity index (χ3n) is 4.99. The monoisotopic (exact) mass is 222 g/mol. The summed E-state index contributed by atoms with van der Waals surface area (Å²) in [6, 6.07) is 0. The van der Waals surface area contributed by atoms with E-state index >= 15 is 0 Å². The van der Waals surface area contributed by atoms with E-state index < -0.39 is 6.09 Å². The van der Waals surface area contributed by atoms with Crippen molar-refractivity contribution in [3.8, 4) is 0 Å². The smallest absolute Gasteiger partial charge is 0.313 e. The lowest BCUT2D eigenvalue weighted by Gasteiger charge is -2.65. The summed E-state index contributed by atoms with van der Waals surface area (Å²) in [6.45, 7) is 4.67. The van der Waals surface area contributed by atoms with Crippen molar-refractivity contribution in [2.75, 3.05) is 0 Å². The van der Waals surface area contributed by atoms with Crippen LogP contribution in [-0.2, 0) is 5.11 Å². The highest BCUT2D eigenvalue weighted by Crippen LogP contribution is 2.66. The fourth-order valence-corrected chi connectivity index (χ4v) is 5.80. The molecule has 4 fully saturated rings. The van der Waals surface area contributed by atoms with Crippen LogP contribution in [0.3, 0.4) is 0 Å². The van der Waals surface area contributed by atoms with Crippen molar-refractivity contribution < 1.29 is 9.90 Å². The number of hydrogen-bond acceptors (Lipinski definition) is 1. The third-order valence-corrected chi connectivity index (χ3v) is 4.99. The molecule has 3 heteroatoms. The van der Waals surface area contributed by atoms with Gasteiger partial charge < -0.3 is 5.32 Å². The predicted octanol–water partition coefficient (Wildman–Crippen LogP) is 2.88. The Balaban J connectivity index is 1.95. The van der Waals surface area contributed by atoms with Gasteiger partial charge in [-0.25, -0.2) is 9.90 Å². The second-order valence-electron chi connectivity index (χ2n) is 7.32. The largest absolute Gasteiger partial charge is 0.451 e. The molecule has 1 radical (unpaired) electrons. The minimum Gasteiger partial charge on any atom is -0.313 e. The van der Waals surface area contributed by atoms with Crippen LogP contribution in [0.15, 0.2) is 0 Å². The van der Waals surface area contributed by atoms with Crippen molar-refractivity contribution in [1.29, 1.82) is 0 Å². The van der Waals surface area contributed by atoms with Crippen LogP contribution in [0.2, 0.25) is 0 Å². The summed E-state index contributed by atoms with van der Waals surface area (Å²) < 4.78 is 0. The predicted molar refractivity (Wildman–Crippen MR) is 59.4 cm³/mol. The highest BCUT2D eigenvalue weighted by Gasteiger charge is 2.60. The number of rotatable bonds is 1. The zero-order valence-corrected chi connectivity index (χ0v) is 10.1. The maximum atomic E-state index is 10.9. The van der Waals surface area contributed by atoms with Crippen LogP contribution in [0.1, 0.15) is 52.4 Å². The fourth-order valence-electron chi connectivity index (χ4n) is 5.80. The second kappa shape index (κ2) is 2.74. The molecule has 4 atom stereocenters. The average Bonchev–Trinajstić information content (AvgIpc) is 1.91. The van der Waals surface area contributed by atoms with Crippen molar-refractivity contribution in [3.63, 3.8) is 0 Å². The Labute approximate surface area is 96.6 Å². The molecule has 1 unspecified atom stereocenters. The first-order valence-electron chi connectivity index (χ1n) is 6.31. The molecule has 16 heavy (non-hydrogen) atoms. The van der Waals surface area contributed by atoms with Gasteiger partial charge in [0.15, 0.2) is 0 Å². The van der Waals surface area contributed by atoms with E-state index in [0.717, 1.165) is 25.2 Å². The van der Waals surface area contributed by atoms with Gasteiger partial charge in [-0.1, -0.05) is 13.8 Å². The summed E-state index contributed by atoms with van der Waals surface area (Å²) in [5.74, 6) is 0.720. The van der Waals surface area contributed by atoms with E-state index in [2.05, 4.69) is 19.2 Å². The third kappa shape index (κ3) is 1.44. The topological polar surface area (TPSA) is 49.0 Å². The van der Waals surface area contributed by atoms with E-state index in [9.17, 15) is 9.90 Å². The molecule has 1 amide bonds. The Morgan fingerprint density at radius 3 is 2.06 bits per heavy atom. The first-order chi connectivity index (χ1) is 7.32.